The van der Waals surface area contributed by atoms with Crippen LogP contribution in [0.3, 0.4) is 0 Å². The van der Waals surface area contributed by atoms with Gasteiger partial charge in [0.05, 0.1) is 15.0 Å². The van der Waals surface area contributed by atoms with Crippen molar-refractivity contribution in [1.29, 1.82) is 0 Å². The number of nitrogens with zero attached hydrogens (tertiary/aromatic N) is 1. The minimum absolute atomic E-state index is 0.319. The summed E-state index contributed by atoms with van der Waals surface area (Å²) >= 11 is 7.38. The molecular weight excluding hydrogens is 304 g/mol. The van der Waals surface area contributed by atoms with Gasteiger partial charge in [-0.25, -0.2) is 13.4 Å². The van der Waals surface area contributed by atoms with E-state index in [2.05, 4.69) is 10.3 Å². The lowest BCUT2D eigenvalue weighted by molar-refractivity contribution is 0.560. The van der Waals surface area contributed by atoms with Crippen molar-refractivity contribution in [3.05, 3.63) is 23.2 Å². The largest absolute Gasteiger partial charge is 0.360 e. The predicted molar refractivity (Wildman–Crippen MR) is 82.0 cm³/mol. The van der Waals surface area contributed by atoms with Gasteiger partial charge in [-0.3, -0.25) is 0 Å². The summed E-state index contributed by atoms with van der Waals surface area (Å²) in [5, 5.41) is 4.43. The zero-order valence-electron chi connectivity index (χ0n) is 10.9. The molecule has 1 heterocycles. The number of aromatic nitrogens is 1. The fourth-order valence-electron chi connectivity index (χ4n) is 1.40. The average Bonchev–Trinajstić information content (AvgIpc) is 2.67. The summed E-state index contributed by atoms with van der Waals surface area (Å²) in [5.41, 5.74) is 0.817. The number of halogens is 1. The molecule has 104 valence electrons. The van der Waals surface area contributed by atoms with Crippen LogP contribution in [0.15, 0.2) is 18.2 Å². The molecule has 0 aliphatic heterocycles. The Morgan fingerprint density at radius 1 is 1.42 bits per heavy atom. The lowest BCUT2D eigenvalue weighted by Crippen LogP contribution is -2.38. The summed E-state index contributed by atoms with van der Waals surface area (Å²) in [5.74, 6) is 0. The number of anilines is 1. The van der Waals surface area contributed by atoms with Crippen LogP contribution in [0, 0.1) is 0 Å². The fourth-order valence-corrected chi connectivity index (χ4v) is 2.74. The Labute approximate surface area is 121 Å². The molecule has 2 rings (SSSR count). The Morgan fingerprint density at radius 2 is 2.11 bits per heavy atom. The third-order valence-corrected chi connectivity index (χ3v) is 6.40. The van der Waals surface area contributed by atoms with E-state index < -0.39 is 14.6 Å². The first-order valence-corrected chi connectivity index (χ1v) is 8.77. The molecule has 0 aliphatic carbocycles. The summed E-state index contributed by atoms with van der Waals surface area (Å²) in [4.78, 5) is 4.39. The van der Waals surface area contributed by atoms with E-state index in [0.29, 0.717) is 16.7 Å². The van der Waals surface area contributed by atoms with Gasteiger partial charge in [0.1, 0.15) is 0 Å². The zero-order valence-corrected chi connectivity index (χ0v) is 13.3. The normalized spacial score (nSPS) is 12.8. The SMILES string of the molecule is CC(C)(CNc1nc2cc(Cl)ccc2s1)S(C)(=O)=O. The molecule has 0 unspecified atom stereocenters. The summed E-state index contributed by atoms with van der Waals surface area (Å²) in [7, 11) is -3.12. The van der Waals surface area contributed by atoms with Crippen LogP contribution in [-0.4, -0.2) is 30.9 Å². The maximum absolute atomic E-state index is 11.6. The first-order valence-electron chi connectivity index (χ1n) is 5.69. The van der Waals surface area contributed by atoms with Crippen LogP contribution in [0.2, 0.25) is 5.02 Å². The van der Waals surface area contributed by atoms with Gasteiger partial charge in [-0.2, -0.15) is 0 Å². The van der Waals surface area contributed by atoms with E-state index in [1.807, 2.05) is 12.1 Å². The smallest absolute Gasteiger partial charge is 0.183 e. The maximum atomic E-state index is 11.6. The topological polar surface area (TPSA) is 59.1 Å². The van der Waals surface area contributed by atoms with Crippen molar-refractivity contribution < 1.29 is 8.42 Å². The Hall–Kier alpha value is -0.850. The van der Waals surface area contributed by atoms with Gasteiger partial charge in [0, 0.05) is 17.8 Å². The molecule has 0 saturated carbocycles. The van der Waals surface area contributed by atoms with Crippen molar-refractivity contribution in [3.8, 4) is 0 Å². The second-order valence-electron chi connectivity index (χ2n) is 5.02. The first kappa shape index (κ1) is 14.6. The molecule has 0 spiro atoms. The molecule has 7 heteroatoms. The highest BCUT2D eigenvalue weighted by atomic mass is 35.5. The number of nitrogens with one attached hydrogen (secondary N) is 1. The minimum Gasteiger partial charge on any atom is -0.360 e. The summed E-state index contributed by atoms with van der Waals surface area (Å²) in [6.45, 7) is 3.71. The molecule has 19 heavy (non-hydrogen) atoms. The predicted octanol–water partition coefficient (Wildman–Crippen LogP) is 3.18. The molecule has 0 amide bonds. The number of sulfone groups is 1. The molecule has 0 bridgehead atoms. The third kappa shape index (κ3) is 3.19. The molecule has 0 saturated heterocycles. The summed E-state index contributed by atoms with van der Waals surface area (Å²) in [6.07, 6.45) is 1.24. The van der Waals surface area contributed by atoms with E-state index >= 15 is 0 Å². The zero-order chi connectivity index (χ0) is 14.3. The first-order chi connectivity index (χ1) is 8.69. The van der Waals surface area contributed by atoms with Crippen molar-refractivity contribution >= 4 is 48.1 Å². The lowest BCUT2D eigenvalue weighted by Gasteiger charge is -2.22. The standard InChI is InChI=1S/C12H15ClN2O2S2/c1-12(2,19(3,16)17)7-14-11-15-9-6-8(13)4-5-10(9)18-11/h4-6H,7H2,1-3H3,(H,14,15). The van der Waals surface area contributed by atoms with Crippen LogP contribution in [0.5, 0.6) is 0 Å². The molecule has 0 fully saturated rings. The van der Waals surface area contributed by atoms with Crippen LogP contribution >= 0.6 is 22.9 Å². The number of hydrogen-bond donors (Lipinski definition) is 1. The van der Waals surface area contributed by atoms with E-state index in [0.717, 1.165) is 10.2 Å². The van der Waals surface area contributed by atoms with Gasteiger partial charge in [-0.05, 0) is 32.0 Å². The number of fused-ring (bicyclic) bond motifs is 1. The third-order valence-electron chi connectivity index (χ3n) is 3.02. The minimum atomic E-state index is -3.12. The quantitative estimate of drug-likeness (QED) is 0.940. The van der Waals surface area contributed by atoms with Gasteiger partial charge in [-0.1, -0.05) is 22.9 Å². The molecule has 2 aromatic rings. The highest BCUT2D eigenvalue weighted by molar-refractivity contribution is 7.92. The molecular formula is C12H15ClN2O2S2. The molecule has 0 aliphatic rings. The fraction of sp³-hybridized carbons (Fsp3) is 0.417. The second-order valence-corrected chi connectivity index (χ2v) is 9.13. The van der Waals surface area contributed by atoms with E-state index in [-0.39, 0.29) is 0 Å². The summed E-state index contributed by atoms with van der Waals surface area (Å²) < 4.78 is 23.4. The van der Waals surface area contributed by atoms with Gasteiger partial charge < -0.3 is 5.32 Å². The van der Waals surface area contributed by atoms with E-state index in [9.17, 15) is 8.42 Å². The Kier molecular flexibility index (Phi) is 3.77. The average molecular weight is 319 g/mol. The molecule has 1 aromatic carbocycles. The van der Waals surface area contributed by atoms with Crippen LogP contribution < -0.4 is 5.32 Å². The van der Waals surface area contributed by atoms with Crippen molar-refractivity contribution in [2.24, 2.45) is 0 Å². The molecule has 1 aromatic heterocycles. The molecule has 0 atom stereocenters. The second kappa shape index (κ2) is 4.92. The van der Waals surface area contributed by atoms with E-state index in [1.54, 1.807) is 19.9 Å². The van der Waals surface area contributed by atoms with Crippen molar-refractivity contribution in [2.45, 2.75) is 18.6 Å². The van der Waals surface area contributed by atoms with Crippen molar-refractivity contribution in [1.82, 2.24) is 4.98 Å². The Balaban J connectivity index is 2.19. The van der Waals surface area contributed by atoms with Crippen molar-refractivity contribution in [2.75, 3.05) is 18.1 Å². The highest BCUT2D eigenvalue weighted by Gasteiger charge is 2.30. The molecule has 4 nitrogen and oxygen atoms in total. The van der Waals surface area contributed by atoms with Crippen LogP contribution in [-0.2, 0) is 9.84 Å². The van der Waals surface area contributed by atoms with Gasteiger partial charge in [0.15, 0.2) is 15.0 Å². The van der Waals surface area contributed by atoms with Crippen LogP contribution in [0.1, 0.15) is 13.8 Å². The van der Waals surface area contributed by atoms with Crippen LogP contribution in [0.4, 0.5) is 5.13 Å². The Morgan fingerprint density at radius 3 is 2.74 bits per heavy atom. The number of rotatable bonds is 4. The van der Waals surface area contributed by atoms with Gasteiger partial charge in [0.2, 0.25) is 0 Å². The lowest BCUT2D eigenvalue weighted by atomic mass is 10.2. The van der Waals surface area contributed by atoms with Crippen LogP contribution in [0.25, 0.3) is 10.2 Å². The Bertz CT molecular complexity index is 708. The maximum Gasteiger partial charge on any atom is 0.183 e. The van der Waals surface area contributed by atoms with E-state index in [4.69, 9.17) is 11.6 Å². The highest BCUT2D eigenvalue weighted by Crippen LogP contribution is 2.28. The van der Waals surface area contributed by atoms with Crippen molar-refractivity contribution in [3.63, 3.8) is 0 Å². The molecule has 0 radical (unpaired) electrons. The number of thiazole rings is 1. The van der Waals surface area contributed by atoms with Gasteiger partial charge in [-0.15, -0.1) is 0 Å². The summed E-state index contributed by atoms with van der Waals surface area (Å²) in [6, 6.07) is 5.51. The monoisotopic (exact) mass is 318 g/mol. The van der Waals surface area contributed by atoms with Gasteiger partial charge >= 0.3 is 0 Å². The van der Waals surface area contributed by atoms with E-state index in [1.165, 1.54) is 17.6 Å². The molecule has 1 N–H and O–H groups in total. The van der Waals surface area contributed by atoms with Gasteiger partial charge in [0.25, 0.3) is 0 Å². The number of hydrogen-bond acceptors (Lipinski definition) is 5. The number of benzene rings is 1.